The zero-order valence-corrected chi connectivity index (χ0v) is 6.17. The zero-order valence-electron chi connectivity index (χ0n) is 6.17. The second kappa shape index (κ2) is 2.86. The number of hydrogen-bond donors (Lipinski definition) is 0. The summed E-state index contributed by atoms with van der Waals surface area (Å²) in [6, 6.07) is 0. The van der Waals surface area contributed by atoms with E-state index < -0.39 is 0 Å². The third-order valence-corrected chi connectivity index (χ3v) is 1.87. The molecule has 1 rings (SSSR count). The molecule has 0 unspecified atom stereocenters. The van der Waals surface area contributed by atoms with E-state index >= 15 is 0 Å². The van der Waals surface area contributed by atoms with Gasteiger partial charge < -0.3 is 0 Å². The second-order valence-corrected chi connectivity index (χ2v) is 2.96. The predicted molar refractivity (Wildman–Crippen MR) is 41.2 cm³/mol. The molecular weight excluding hydrogens is 108 g/mol. The Kier molecular flexibility index (Phi) is 2.10. The summed E-state index contributed by atoms with van der Waals surface area (Å²) in [5.41, 5.74) is 0. The van der Waals surface area contributed by atoms with Crippen molar-refractivity contribution < 1.29 is 0 Å². The highest BCUT2D eigenvalue weighted by Crippen LogP contribution is 2.19. The van der Waals surface area contributed by atoms with Crippen molar-refractivity contribution in [3.05, 3.63) is 24.3 Å². The summed E-state index contributed by atoms with van der Waals surface area (Å²) >= 11 is 0. The third-order valence-electron chi connectivity index (χ3n) is 1.87. The first-order valence-corrected chi connectivity index (χ1v) is 3.64. The van der Waals surface area contributed by atoms with E-state index in [-0.39, 0.29) is 0 Å². The summed E-state index contributed by atoms with van der Waals surface area (Å²) in [5.74, 6) is 1.58. The Morgan fingerprint density at radius 1 is 1.33 bits per heavy atom. The molecule has 9 heavy (non-hydrogen) atoms. The van der Waals surface area contributed by atoms with Crippen LogP contribution in [0.2, 0.25) is 0 Å². The maximum absolute atomic E-state index is 2.30. The quantitative estimate of drug-likeness (QED) is 0.501. The van der Waals surface area contributed by atoms with Gasteiger partial charge in [0, 0.05) is 0 Å². The fraction of sp³-hybridized carbons (Fsp3) is 0.556. The minimum atomic E-state index is 0.787. The number of hydrogen-bond acceptors (Lipinski definition) is 0. The smallest absolute Gasteiger partial charge is 0.0173 e. The van der Waals surface area contributed by atoms with Crippen molar-refractivity contribution in [1.29, 1.82) is 0 Å². The van der Waals surface area contributed by atoms with Gasteiger partial charge in [0.1, 0.15) is 0 Å². The van der Waals surface area contributed by atoms with Crippen LogP contribution in [0.25, 0.3) is 0 Å². The number of allylic oxidation sites excluding steroid dienone is 4. The van der Waals surface area contributed by atoms with Gasteiger partial charge in [-0.2, -0.15) is 0 Å². The van der Waals surface area contributed by atoms with E-state index in [0.29, 0.717) is 0 Å². The van der Waals surface area contributed by atoms with Crippen LogP contribution in [0.15, 0.2) is 24.3 Å². The lowest BCUT2D eigenvalue weighted by atomic mass is 9.90. The average Bonchev–Trinajstić information content (AvgIpc) is 1.90. The highest BCUT2D eigenvalue weighted by Gasteiger charge is 2.08. The molecule has 0 aromatic rings. The maximum atomic E-state index is 2.30. The highest BCUT2D eigenvalue weighted by atomic mass is 14.1. The Labute approximate surface area is 57.3 Å². The summed E-state index contributed by atoms with van der Waals surface area (Å²) in [6.45, 7) is 4.54. The van der Waals surface area contributed by atoms with Crippen molar-refractivity contribution in [2.45, 2.75) is 20.3 Å². The monoisotopic (exact) mass is 122 g/mol. The molecule has 0 radical (unpaired) electrons. The summed E-state index contributed by atoms with van der Waals surface area (Å²) < 4.78 is 0. The van der Waals surface area contributed by atoms with E-state index in [1.165, 1.54) is 6.42 Å². The highest BCUT2D eigenvalue weighted by molar-refractivity contribution is 5.11. The van der Waals surface area contributed by atoms with Crippen molar-refractivity contribution in [3.8, 4) is 0 Å². The Bertz CT molecular complexity index is 129. The Hall–Kier alpha value is -0.520. The van der Waals surface area contributed by atoms with Gasteiger partial charge in [-0.15, -0.1) is 0 Å². The fourth-order valence-corrected chi connectivity index (χ4v) is 1.09. The van der Waals surface area contributed by atoms with Crippen LogP contribution in [0.3, 0.4) is 0 Å². The van der Waals surface area contributed by atoms with Crippen LogP contribution in [0.1, 0.15) is 20.3 Å². The lowest BCUT2D eigenvalue weighted by Crippen LogP contribution is -2.05. The maximum Gasteiger partial charge on any atom is -0.0173 e. The summed E-state index contributed by atoms with van der Waals surface area (Å²) in [6.07, 6.45) is 10.0. The predicted octanol–water partition coefficient (Wildman–Crippen LogP) is 2.77. The van der Waals surface area contributed by atoms with E-state index in [2.05, 4.69) is 38.2 Å². The van der Waals surface area contributed by atoms with Crippen LogP contribution in [0.5, 0.6) is 0 Å². The van der Waals surface area contributed by atoms with Crippen molar-refractivity contribution >= 4 is 0 Å². The van der Waals surface area contributed by atoms with E-state index in [0.717, 1.165) is 11.8 Å². The topological polar surface area (TPSA) is 0 Å². The molecule has 0 N–H and O–H groups in total. The van der Waals surface area contributed by atoms with Crippen LogP contribution in [0.4, 0.5) is 0 Å². The SMILES string of the molecule is CC(C)[C@@H]1C=CC=CC1. The zero-order chi connectivity index (χ0) is 6.69. The van der Waals surface area contributed by atoms with Gasteiger partial charge in [0.05, 0.1) is 0 Å². The van der Waals surface area contributed by atoms with Gasteiger partial charge in [0.2, 0.25) is 0 Å². The molecule has 0 heterocycles. The molecule has 1 atom stereocenters. The average molecular weight is 122 g/mol. The van der Waals surface area contributed by atoms with Crippen molar-refractivity contribution in [3.63, 3.8) is 0 Å². The standard InChI is InChI=1S/C9H14/c1-8(2)9-6-4-3-5-7-9/h3-6,8-9H,7H2,1-2H3/t9-/m1/s1. The van der Waals surface area contributed by atoms with Gasteiger partial charge in [-0.3, -0.25) is 0 Å². The fourth-order valence-electron chi connectivity index (χ4n) is 1.09. The molecule has 0 nitrogen and oxygen atoms in total. The van der Waals surface area contributed by atoms with Gasteiger partial charge in [0.15, 0.2) is 0 Å². The lowest BCUT2D eigenvalue weighted by Gasteiger charge is -2.15. The molecule has 0 saturated heterocycles. The Balaban J connectivity index is 2.46. The van der Waals surface area contributed by atoms with E-state index in [1.54, 1.807) is 0 Å². The van der Waals surface area contributed by atoms with E-state index in [9.17, 15) is 0 Å². The first-order valence-electron chi connectivity index (χ1n) is 3.64. The van der Waals surface area contributed by atoms with Crippen molar-refractivity contribution in [2.24, 2.45) is 11.8 Å². The molecule has 0 amide bonds. The summed E-state index contributed by atoms with van der Waals surface area (Å²) in [4.78, 5) is 0. The number of rotatable bonds is 1. The Morgan fingerprint density at radius 3 is 2.44 bits per heavy atom. The largest absolute Gasteiger partial charge is 0.0840 e. The molecule has 0 heteroatoms. The van der Waals surface area contributed by atoms with Gasteiger partial charge in [-0.1, -0.05) is 38.2 Å². The van der Waals surface area contributed by atoms with Crippen molar-refractivity contribution in [1.82, 2.24) is 0 Å². The summed E-state index contributed by atoms with van der Waals surface area (Å²) in [5, 5.41) is 0. The molecule has 0 aromatic carbocycles. The molecule has 1 aliphatic rings. The molecule has 0 fully saturated rings. The van der Waals surface area contributed by atoms with E-state index in [4.69, 9.17) is 0 Å². The minimum absolute atomic E-state index is 0.787. The van der Waals surface area contributed by atoms with Crippen LogP contribution in [-0.4, -0.2) is 0 Å². The molecule has 0 bridgehead atoms. The molecule has 0 saturated carbocycles. The van der Waals surface area contributed by atoms with Gasteiger partial charge in [-0.25, -0.2) is 0 Å². The molecule has 50 valence electrons. The van der Waals surface area contributed by atoms with Crippen LogP contribution in [0, 0.1) is 11.8 Å². The van der Waals surface area contributed by atoms with Crippen molar-refractivity contribution in [2.75, 3.05) is 0 Å². The van der Waals surface area contributed by atoms with Crippen LogP contribution < -0.4 is 0 Å². The first kappa shape index (κ1) is 6.60. The summed E-state index contributed by atoms with van der Waals surface area (Å²) in [7, 11) is 0. The van der Waals surface area contributed by atoms with E-state index in [1.807, 2.05) is 0 Å². The van der Waals surface area contributed by atoms with Gasteiger partial charge in [-0.05, 0) is 18.3 Å². The van der Waals surface area contributed by atoms with Gasteiger partial charge >= 0.3 is 0 Å². The first-order chi connectivity index (χ1) is 4.30. The molecule has 0 spiro atoms. The van der Waals surface area contributed by atoms with Gasteiger partial charge in [0.25, 0.3) is 0 Å². The third kappa shape index (κ3) is 1.70. The second-order valence-electron chi connectivity index (χ2n) is 2.96. The molecule has 0 aromatic heterocycles. The Morgan fingerprint density at radius 2 is 2.11 bits per heavy atom. The lowest BCUT2D eigenvalue weighted by molar-refractivity contribution is 0.467. The van der Waals surface area contributed by atoms with Crippen LogP contribution in [-0.2, 0) is 0 Å². The van der Waals surface area contributed by atoms with Crippen LogP contribution >= 0.6 is 0 Å². The molecular formula is C9H14. The minimum Gasteiger partial charge on any atom is -0.0840 e. The normalized spacial score (nSPS) is 25.4. The molecule has 0 aliphatic heterocycles. The molecule has 1 aliphatic carbocycles.